The summed E-state index contributed by atoms with van der Waals surface area (Å²) in [5.41, 5.74) is 1.20. The second-order valence-corrected chi connectivity index (χ2v) is 5.21. The maximum absolute atomic E-state index is 5.71. The van der Waals surface area contributed by atoms with Gasteiger partial charge in [-0.25, -0.2) is 0 Å². The quantitative estimate of drug-likeness (QED) is 0.791. The minimum Gasteiger partial charge on any atom is -0.490 e. The van der Waals surface area contributed by atoms with Gasteiger partial charge in [-0.2, -0.15) is 0 Å². The molecule has 19 heavy (non-hydrogen) atoms. The average Bonchev–Trinajstić information content (AvgIpc) is 3.19. The first-order valence-corrected chi connectivity index (χ1v) is 7.02. The smallest absolute Gasteiger partial charge is 0.161 e. The predicted molar refractivity (Wildman–Crippen MR) is 78.0 cm³/mol. The van der Waals surface area contributed by atoms with Gasteiger partial charge in [-0.3, -0.25) is 0 Å². The summed E-state index contributed by atoms with van der Waals surface area (Å²) in [6, 6.07) is 6.69. The molecule has 1 aromatic rings. The fraction of sp³-hybridized carbons (Fsp3) is 0.467. The summed E-state index contributed by atoms with van der Waals surface area (Å²) >= 11 is 5.71. The van der Waals surface area contributed by atoms with E-state index in [4.69, 9.17) is 21.1 Å². The van der Waals surface area contributed by atoms with Crippen LogP contribution in [0.3, 0.4) is 0 Å². The fourth-order valence-corrected chi connectivity index (χ4v) is 1.81. The van der Waals surface area contributed by atoms with Crippen LogP contribution in [0, 0.1) is 0 Å². The maximum Gasteiger partial charge on any atom is 0.161 e. The Hall–Kier alpha value is -1.19. The predicted octanol–water partition coefficient (Wildman–Crippen LogP) is 3.47. The summed E-state index contributed by atoms with van der Waals surface area (Å²) < 4.78 is 11.2. The molecule has 0 atom stereocenters. The molecule has 3 nitrogen and oxygen atoms in total. The number of ether oxygens (including phenoxy) is 2. The molecule has 0 radical (unpaired) electrons. The van der Waals surface area contributed by atoms with Crippen LogP contribution in [-0.4, -0.2) is 19.3 Å². The maximum atomic E-state index is 5.71. The molecule has 104 valence electrons. The third kappa shape index (κ3) is 4.77. The Kier molecular flexibility index (Phi) is 5.11. The SMILES string of the molecule is C=C(Cl)COc1ccc(CNC2CC2)cc1OCC. The number of halogens is 1. The lowest BCUT2D eigenvalue weighted by atomic mass is 10.2. The first-order chi connectivity index (χ1) is 9.19. The van der Waals surface area contributed by atoms with Crippen molar-refractivity contribution in [3.8, 4) is 11.5 Å². The molecule has 2 rings (SSSR count). The molecule has 1 N–H and O–H groups in total. The van der Waals surface area contributed by atoms with Crippen LogP contribution in [0.15, 0.2) is 29.8 Å². The van der Waals surface area contributed by atoms with Crippen LogP contribution < -0.4 is 14.8 Å². The minimum absolute atomic E-state index is 0.293. The molecule has 0 aromatic heterocycles. The van der Waals surface area contributed by atoms with E-state index in [-0.39, 0.29) is 0 Å². The molecule has 1 aromatic carbocycles. The van der Waals surface area contributed by atoms with Gasteiger partial charge < -0.3 is 14.8 Å². The molecular weight excluding hydrogens is 262 g/mol. The van der Waals surface area contributed by atoms with Crippen molar-refractivity contribution in [1.29, 1.82) is 0 Å². The molecule has 4 heteroatoms. The highest BCUT2D eigenvalue weighted by molar-refractivity contribution is 6.29. The highest BCUT2D eigenvalue weighted by Crippen LogP contribution is 2.29. The van der Waals surface area contributed by atoms with Crippen LogP contribution in [0.4, 0.5) is 0 Å². The van der Waals surface area contributed by atoms with E-state index in [9.17, 15) is 0 Å². The average molecular weight is 282 g/mol. The lowest BCUT2D eigenvalue weighted by Gasteiger charge is -2.13. The third-order valence-electron chi connectivity index (χ3n) is 2.86. The zero-order valence-electron chi connectivity index (χ0n) is 11.2. The summed E-state index contributed by atoms with van der Waals surface area (Å²) in [6.45, 7) is 7.34. The second-order valence-electron chi connectivity index (χ2n) is 4.68. The van der Waals surface area contributed by atoms with Gasteiger partial charge in [0.05, 0.1) is 6.61 Å². The summed E-state index contributed by atoms with van der Waals surface area (Å²) in [6.07, 6.45) is 2.58. The van der Waals surface area contributed by atoms with Crippen molar-refractivity contribution in [2.24, 2.45) is 0 Å². The summed E-state index contributed by atoms with van der Waals surface area (Å²) in [4.78, 5) is 0. The van der Waals surface area contributed by atoms with Gasteiger partial charge in [0.25, 0.3) is 0 Å². The van der Waals surface area contributed by atoms with E-state index in [1.807, 2.05) is 25.1 Å². The molecule has 0 saturated heterocycles. The van der Waals surface area contributed by atoms with E-state index in [1.165, 1.54) is 18.4 Å². The van der Waals surface area contributed by atoms with E-state index in [0.717, 1.165) is 12.3 Å². The van der Waals surface area contributed by atoms with E-state index in [1.54, 1.807) is 0 Å². The largest absolute Gasteiger partial charge is 0.490 e. The standard InChI is InChI=1S/C15H20ClNO2/c1-3-18-15-8-12(9-17-13-5-6-13)4-7-14(15)19-10-11(2)16/h4,7-8,13,17H,2-3,5-6,9-10H2,1H3. The van der Waals surface area contributed by atoms with Crippen molar-refractivity contribution in [3.05, 3.63) is 35.4 Å². The van der Waals surface area contributed by atoms with E-state index in [0.29, 0.717) is 30.0 Å². The minimum atomic E-state index is 0.293. The normalized spacial score (nSPS) is 14.2. The molecule has 0 spiro atoms. The number of hydrogen-bond acceptors (Lipinski definition) is 3. The van der Waals surface area contributed by atoms with E-state index in [2.05, 4.69) is 11.9 Å². The van der Waals surface area contributed by atoms with Crippen LogP contribution in [-0.2, 0) is 6.54 Å². The molecule has 0 unspecified atom stereocenters. The van der Waals surface area contributed by atoms with Crippen molar-refractivity contribution in [2.45, 2.75) is 32.4 Å². The number of nitrogens with one attached hydrogen (secondary N) is 1. The number of rotatable bonds is 8. The molecule has 0 aliphatic heterocycles. The monoisotopic (exact) mass is 281 g/mol. The Balaban J connectivity index is 2.01. The van der Waals surface area contributed by atoms with Crippen molar-refractivity contribution in [2.75, 3.05) is 13.2 Å². The second kappa shape index (κ2) is 6.83. The fourth-order valence-electron chi connectivity index (χ4n) is 1.76. The van der Waals surface area contributed by atoms with Crippen molar-refractivity contribution in [1.82, 2.24) is 5.32 Å². The molecule has 1 aliphatic rings. The number of hydrogen-bond donors (Lipinski definition) is 1. The molecule has 1 fully saturated rings. The van der Waals surface area contributed by atoms with Gasteiger partial charge >= 0.3 is 0 Å². The van der Waals surface area contributed by atoms with Gasteiger partial charge in [-0.1, -0.05) is 24.2 Å². The lowest BCUT2D eigenvalue weighted by molar-refractivity contribution is 0.295. The van der Waals surface area contributed by atoms with Gasteiger partial charge in [0.1, 0.15) is 6.61 Å². The van der Waals surface area contributed by atoms with Crippen LogP contribution in [0.5, 0.6) is 11.5 Å². The van der Waals surface area contributed by atoms with Crippen LogP contribution >= 0.6 is 11.6 Å². The van der Waals surface area contributed by atoms with Gasteiger partial charge in [0.15, 0.2) is 11.5 Å². The van der Waals surface area contributed by atoms with Crippen molar-refractivity contribution >= 4 is 11.6 Å². The lowest BCUT2D eigenvalue weighted by Crippen LogP contribution is -2.15. The summed E-state index contributed by atoms with van der Waals surface area (Å²) in [5.74, 6) is 1.47. The highest BCUT2D eigenvalue weighted by atomic mass is 35.5. The Morgan fingerprint density at radius 3 is 2.79 bits per heavy atom. The highest BCUT2D eigenvalue weighted by Gasteiger charge is 2.20. The molecule has 0 amide bonds. The Bertz CT molecular complexity index is 444. The molecule has 0 heterocycles. The van der Waals surface area contributed by atoms with Gasteiger partial charge in [-0.05, 0) is 37.5 Å². The first-order valence-electron chi connectivity index (χ1n) is 6.64. The van der Waals surface area contributed by atoms with Crippen LogP contribution in [0.1, 0.15) is 25.3 Å². The van der Waals surface area contributed by atoms with Crippen molar-refractivity contribution in [3.63, 3.8) is 0 Å². The van der Waals surface area contributed by atoms with Crippen LogP contribution in [0.2, 0.25) is 0 Å². The van der Waals surface area contributed by atoms with Gasteiger partial charge in [-0.15, -0.1) is 0 Å². The Morgan fingerprint density at radius 2 is 2.16 bits per heavy atom. The zero-order chi connectivity index (χ0) is 13.7. The zero-order valence-corrected chi connectivity index (χ0v) is 12.0. The van der Waals surface area contributed by atoms with Gasteiger partial charge in [0, 0.05) is 17.6 Å². The topological polar surface area (TPSA) is 30.5 Å². The molecule has 0 bridgehead atoms. The van der Waals surface area contributed by atoms with E-state index >= 15 is 0 Å². The van der Waals surface area contributed by atoms with E-state index < -0.39 is 0 Å². The summed E-state index contributed by atoms with van der Waals surface area (Å²) in [5, 5.41) is 3.95. The van der Waals surface area contributed by atoms with Gasteiger partial charge in [0.2, 0.25) is 0 Å². The number of benzene rings is 1. The summed E-state index contributed by atoms with van der Waals surface area (Å²) in [7, 11) is 0. The molecule has 1 saturated carbocycles. The Morgan fingerprint density at radius 1 is 1.37 bits per heavy atom. The first kappa shape index (κ1) is 14.2. The molecule has 1 aliphatic carbocycles. The Labute approximate surface area is 119 Å². The van der Waals surface area contributed by atoms with Crippen LogP contribution in [0.25, 0.3) is 0 Å². The third-order valence-corrected chi connectivity index (χ3v) is 2.97. The molecular formula is C15H20ClNO2. The van der Waals surface area contributed by atoms with Crippen molar-refractivity contribution < 1.29 is 9.47 Å².